The zero-order valence-electron chi connectivity index (χ0n) is 13.4. The maximum atomic E-state index is 12.8. The van der Waals surface area contributed by atoms with E-state index in [1.165, 1.54) is 11.1 Å². The molecule has 3 nitrogen and oxygen atoms in total. The summed E-state index contributed by atoms with van der Waals surface area (Å²) in [4.78, 5) is 15.1. The first-order chi connectivity index (χ1) is 11.2. The highest BCUT2D eigenvalue weighted by molar-refractivity contribution is 9.10. The summed E-state index contributed by atoms with van der Waals surface area (Å²) in [7, 11) is 0. The summed E-state index contributed by atoms with van der Waals surface area (Å²) >= 11 is 3.57. The van der Waals surface area contributed by atoms with Crippen LogP contribution in [-0.2, 0) is 4.79 Å². The smallest absolute Gasteiger partial charge is 0.242 e. The van der Waals surface area contributed by atoms with Crippen LogP contribution in [0.3, 0.4) is 0 Å². The Bertz CT molecular complexity index is 698. The minimum absolute atomic E-state index is 0.0392. The van der Waals surface area contributed by atoms with E-state index in [2.05, 4.69) is 58.2 Å². The number of carbonyl (C=O) groups excluding carboxylic acids is 1. The Hall–Kier alpha value is -1.65. The van der Waals surface area contributed by atoms with Crippen LogP contribution in [0.5, 0.6) is 0 Å². The van der Waals surface area contributed by atoms with Crippen LogP contribution in [0, 0.1) is 0 Å². The average molecular weight is 373 g/mol. The number of fused-ring (bicyclic) bond motifs is 1. The summed E-state index contributed by atoms with van der Waals surface area (Å²) in [6, 6.07) is 16.2. The molecule has 2 atom stereocenters. The van der Waals surface area contributed by atoms with Crippen molar-refractivity contribution in [2.45, 2.75) is 25.8 Å². The highest BCUT2D eigenvalue weighted by Gasteiger charge is 2.39. The van der Waals surface area contributed by atoms with E-state index in [1.807, 2.05) is 30.3 Å². The highest BCUT2D eigenvalue weighted by atomic mass is 79.9. The maximum Gasteiger partial charge on any atom is 0.242 e. The van der Waals surface area contributed by atoms with Gasteiger partial charge >= 0.3 is 0 Å². The number of likely N-dealkylation sites (N-methyl/N-ethyl adjacent to an activating group) is 1. The van der Waals surface area contributed by atoms with Gasteiger partial charge in [-0.1, -0.05) is 60.1 Å². The van der Waals surface area contributed by atoms with Gasteiger partial charge in [-0.15, -0.1) is 0 Å². The number of halogens is 1. The first-order valence-corrected chi connectivity index (χ1v) is 8.84. The van der Waals surface area contributed by atoms with E-state index in [-0.39, 0.29) is 17.9 Å². The number of carbonyl (C=O) groups is 1. The minimum atomic E-state index is -0.186. The van der Waals surface area contributed by atoms with Gasteiger partial charge in [0, 0.05) is 16.1 Å². The van der Waals surface area contributed by atoms with Gasteiger partial charge in [-0.25, -0.2) is 0 Å². The van der Waals surface area contributed by atoms with Crippen molar-refractivity contribution in [3.05, 3.63) is 64.1 Å². The molecule has 0 aromatic heterocycles. The van der Waals surface area contributed by atoms with Crippen LogP contribution in [0.2, 0.25) is 0 Å². The number of nitrogens with one attached hydrogen (secondary N) is 1. The van der Waals surface area contributed by atoms with Crippen LogP contribution in [-0.4, -0.2) is 29.9 Å². The molecule has 2 aromatic rings. The molecule has 0 aliphatic carbocycles. The molecule has 1 aliphatic heterocycles. The number of amides is 1. The van der Waals surface area contributed by atoms with E-state index in [0.717, 1.165) is 23.2 Å². The van der Waals surface area contributed by atoms with Crippen LogP contribution in [0.4, 0.5) is 5.69 Å². The fourth-order valence-corrected chi connectivity index (χ4v) is 3.83. The van der Waals surface area contributed by atoms with Gasteiger partial charge in [-0.05, 0) is 42.4 Å². The van der Waals surface area contributed by atoms with E-state index in [4.69, 9.17) is 0 Å². The number of anilines is 1. The third kappa shape index (κ3) is 3.06. The molecule has 0 saturated heterocycles. The Balaban J connectivity index is 2.17. The van der Waals surface area contributed by atoms with Crippen LogP contribution in [0.25, 0.3) is 0 Å². The lowest BCUT2D eigenvalue weighted by Gasteiger charge is -2.39. The second-order valence-corrected chi connectivity index (χ2v) is 6.69. The zero-order chi connectivity index (χ0) is 16.4. The summed E-state index contributed by atoms with van der Waals surface area (Å²) < 4.78 is 1.03. The normalized spacial score (nSPS) is 20.3. The Morgan fingerprint density at radius 2 is 1.78 bits per heavy atom. The quantitative estimate of drug-likeness (QED) is 0.869. The van der Waals surface area contributed by atoms with Crippen molar-refractivity contribution in [3.8, 4) is 0 Å². The SMILES string of the molecule is CCN(CC)[C@@H]1C(=O)Nc2ccc(Br)cc2[C@@H]1c1ccccc1. The molecular weight excluding hydrogens is 352 g/mol. The van der Waals surface area contributed by atoms with Crippen molar-refractivity contribution in [3.63, 3.8) is 0 Å². The molecular formula is C19H21BrN2O. The van der Waals surface area contributed by atoms with Crippen molar-refractivity contribution >= 4 is 27.5 Å². The minimum Gasteiger partial charge on any atom is -0.324 e. The number of benzene rings is 2. The molecule has 0 bridgehead atoms. The van der Waals surface area contributed by atoms with Crippen LogP contribution < -0.4 is 5.32 Å². The number of nitrogens with zero attached hydrogens (tertiary/aromatic N) is 1. The predicted molar refractivity (Wildman–Crippen MR) is 97.8 cm³/mol. The molecule has 3 rings (SSSR count). The van der Waals surface area contributed by atoms with E-state index in [1.54, 1.807) is 0 Å². The molecule has 0 saturated carbocycles. The van der Waals surface area contributed by atoms with E-state index >= 15 is 0 Å². The van der Waals surface area contributed by atoms with Gasteiger partial charge in [0.05, 0.1) is 0 Å². The van der Waals surface area contributed by atoms with Gasteiger partial charge in [-0.2, -0.15) is 0 Å². The lowest BCUT2D eigenvalue weighted by atomic mass is 9.80. The van der Waals surface area contributed by atoms with Crippen molar-refractivity contribution in [2.24, 2.45) is 0 Å². The summed E-state index contributed by atoms with van der Waals surface area (Å²) in [5.41, 5.74) is 3.26. The average Bonchev–Trinajstić information content (AvgIpc) is 2.57. The molecule has 4 heteroatoms. The van der Waals surface area contributed by atoms with E-state index in [0.29, 0.717) is 0 Å². The molecule has 0 radical (unpaired) electrons. The molecule has 2 aromatic carbocycles. The third-order valence-corrected chi connectivity index (χ3v) is 5.05. The molecule has 1 aliphatic rings. The predicted octanol–water partition coefficient (Wildman–Crippen LogP) is 4.24. The number of rotatable bonds is 4. The van der Waals surface area contributed by atoms with Gasteiger partial charge in [-0.3, -0.25) is 9.69 Å². The van der Waals surface area contributed by atoms with Crippen molar-refractivity contribution in [1.29, 1.82) is 0 Å². The summed E-state index contributed by atoms with van der Waals surface area (Å²) in [5.74, 6) is 0.120. The fraction of sp³-hybridized carbons (Fsp3) is 0.316. The number of hydrogen-bond acceptors (Lipinski definition) is 2. The summed E-state index contributed by atoms with van der Waals surface area (Å²) in [6.07, 6.45) is 0. The zero-order valence-corrected chi connectivity index (χ0v) is 15.0. The van der Waals surface area contributed by atoms with Crippen molar-refractivity contribution in [2.75, 3.05) is 18.4 Å². The largest absolute Gasteiger partial charge is 0.324 e. The van der Waals surface area contributed by atoms with Gasteiger partial charge in [0.15, 0.2) is 0 Å². The highest BCUT2D eigenvalue weighted by Crippen LogP contribution is 2.40. The molecule has 1 amide bonds. The van der Waals surface area contributed by atoms with Gasteiger partial charge in [0.1, 0.15) is 6.04 Å². The second-order valence-electron chi connectivity index (χ2n) is 5.78. The Kier molecular flexibility index (Phi) is 4.83. The Morgan fingerprint density at radius 1 is 1.09 bits per heavy atom. The maximum absolute atomic E-state index is 12.8. The molecule has 0 spiro atoms. The summed E-state index contributed by atoms with van der Waals surface area (Å²) in [6.45, 7) is 5.91. The third-order valence-electron chi connectivity index (χ3n) is 4.56. The van der Waals surface area contributed by atoms with Gasteiger partial charge in [0.25, 0.3) is 0 Å². The molecule has 23 heavy (non-hydrogen) atoms. The van der Waals surface area contributed by atoms with Gasteiger partial charge < -0.3 is 5.32 Å². The standard InChI is InChI=1S/C19H21BrN2O/c1-3-22(4-2)18-17(13-8-6-5-7-9-13)15-12-14(20)10-11-16(15)21-19(18)23/h5-12,17-18H,3-4H2,1-2H3,(H,21,23)/t17-,18-/m0/s1. The Morgan fingerprint density at radius 3 is 2.43 bits per heavy atom. The fourth-order valence-electron chi connectivity index (χ4n) is 3.45. The van der Waals surface area contributed by atoms with Crippen molar-refractivity contribution < 1.29 is 4.79 Å². The molecule has 1 heterocycles. The van der Waals surface area contributed by atoms with Crippen LogP contribution in [0.15, 0.2) is 53.0 Å². The lowest BCUT2D eigenvalue weighted by molar-refractivity contribution is -0.122. The monoisotopic (exact) mass is 372 g/mol. The lowest BCUT2D eigenvalue weighted by Crippen LogP contribution is -2.50. The molecule has 0 unspecified atom stereocenters. The topological polar surface area (TPSA) is 32.3 Å². The summed E-state index contributed by atoms with van der Waals surface area (Å²) in [5, 5.41) is 3.08. The van der Waals surface area contributed by atoms with Gasteiger partial charge in [0.2, 0.25) is 5.91 Å². The molecule has 1 N–H and O–H groups in total. The number of hydrogen-bond donors (Lipinski definition) is 1. The first-order valence-electron chi connectivity index (χ1n) is 8.05. The Labute approximate surface area is 145 Å². The molecule has 0 fully saturated rings. The van der Waals surface area contributed by atoms with E-state index < -0.39 is 0 Å². The second kappa shape index (κ2) is 6.85. The van der Waals surface area contributed by atoms with E-state index in [9.17, 15) is 4.79 Å². The first kappa shape index (κ1) is 16.2. The molecule has 120 valence electrons. The van der Waals surface area contributed by atoms with Crippen LogP contribution >= 0.6 is 15.9 Å². The van der Waals surface area contributed by atoms with Crippen LogP contribution in [0.1, 0.15) is 30.9 Å². The van der Waals surface area contributed by atoms with Crippen molar-refractivity contribution in [1.82, 2.24) is 4.90 Å².